The first-order chi connectivity index (χ1) is 10.6. The monoisotopic (exact) mass is 336 g/mol. The van der Waals surface area contributed by atoms with Gasteiger partial charge in [0.1, 0.15) is 0 Å². The summed E-state index contributed by atoms with van der Waals surface area (Å²) in [6.45, 7) is 3.41. The molecule has 2 bridgehead atoms. The maximum Gasteiger partial charge on any atom is 0.226 e. The van der Waals surface area contributed by atoms with Crippen molar-refractivity contribution in [2.75, 3.05) is 13.1 Å². The van der Waals surface area contributed by atoms with Gasteiger partial charge < -0.3 is 11.1 Å². The molecule has 0 heterocycles. The molecule has 1 aromatic carbocycles. The largest absolute Gasteiger partial charge is 0.355 e. The van der Waals surface area contributed by atoms with E-state index in [-0.39, 0.29) is 23.7 Å². The van der Waals surface area contributed by atoms with E-state index in [0.29, 0.717) is 24.9 Å². The lowest BCUT2D eigenvalue weighted by Gasteiger charge is -2.37. The van der Waals surface area contributed by atoms with Crippen molar-refractivity contribution in [3.05, 3.63) is 35.9 Å². The third kappa shape index (κ3) is 3.72. The lowest BCUT2D eigenvalue weighted by Crippen LogP contribution is -2.47. The van der Waals surface area contributed by atoms with Crippen molar-refractivity contribution < 1.29 is 4.79 Å². The Kier molecular flexibility index (Phi) is 6.10. The van der Waals surface area contributed by atoms with Gasteiger partial charge in [-0.15, -0.1) is 12.4 Å². The third-order valence-corrected chi connectivity index (χ3v) is 5.80. The Morgan fingerprint density at radius 2 is 2.09 bits per heavy atom. The normalized spacial score (nSPS) is 29.8. The summed E-state index contributed by atoms with van der Waals surface area (Å²) in [4.78, 5) is 13.0. The van der Waals surface area contributed by atoms with Gasteiger partial charge in [-0.1, -0.05) is 43.7 Å². The summed E-state index contributed by atoms with van der Waals surface area (Å²) >= 11 is 0. The summed E-state index contributed by atoms with van der Waals surface area (Å²) < 4.78 is 0. The van der Waals surface area contributed by atoms with E-state index in [1.807, 2.05) is 6.07 Å². The van der Waals surface area contributed by atoms with Crippen molar-refractivity contribution in [3.8, 4) is 0 Å². The number of hydrogen-bond acceptors (Lipinski definition) is 2. The highest BCUT2D eigenvalue weighted by molar-refractivity contribution is 5.85. The Balaban J connectivity index is 0.00000192. The lowest BCUT2D eigenvalue weighted by molar-refractivity contribution is -0.134. The van der Waals surface area contributed by atoms with E-state index in [9.17, 15) is 4.79 Å². The van der Waals surface area contributed by atoms with Crippen molar-refractivity contribution in [1.29, 1.82) is 0 Å². The second-order valence-corrected chi connectivity index (χ2v) is 7.45. The fraction of sp³-hybridized carbons (Fsp3) is 0.632. The molecule has 0 spiro atoms. The highest BCUT2D eigenvalue weighted by atomic mass is 35.5. The zero-order valence-electron chi connectivity index (χ0n) is 14.0. The molecule has 0 aromatic heterocycles. The quantitative estimate of drug-likeness (QED) is 0.838. The molecule has 1 aromatic rings. The molecule has 3 rings (SSSR count). The first-order valence-electron chi connectivity index (χ1n) is 8.66. The van der Waals surface area contributed by atoms with Gasteiger partial charge in [0.25, 0.3) is 0 Å². The number of nitrogens with one attached hydrogen (secondary N) is 1. The molecule has 4 unspecified atom stereocenters. The number of halogens is 1. The van der Waals surface area contributed by atoms with Crippen LogP contribution in [-0.2, 0) is 11.2 Å². The SMILES string of the molecule is CC(CN)CNC(=O)C1(Cc2ccccc2)CC2CCC1C2.Cl. The van der Waals surface area contributed by atoms with Crippen LogP contribution in [0, 0.1) is 23.2 Å². The molecule has 4 atom stereocenters. The van der Waals surface area contributed by atoms with Gasteiger partial charge in [0.15, 0.2) is 0 Å². The summed E-state index contributed by atoms with van der Waals surface area (Å²) in [6, 6.07) is 10.5. The predicted octanol–water partition coefficient (Wildman–Crippen LogP) is 3.17. The topological polar surface area (TPSA) is 55.1 Å². The van der Waals surface area contributed by atoms with Gasteiger partial charge in [-0.05, 0) is 55.5 Å². The fourth-order valence-corrected chi connectivity index (χ4v) is 4.51. The molecule has 1 amide bonds. The number of amides is 1. The van der Waals surface area contributed by atoms with Crippen LogP contribution in [0.3, 0.4) is 0 Å². The van der Waals surface area contributed by atoms with Gasteiger partial charge in [0.05, 0.1) is 5.41 Å². The molecule has 2 saturated carbocycles. The molecule has 23 heavy (non-hydrogen) atoms. The smallest absolute Gasteiger partial charge is 0.226 e. The zero-order valence-corrected chi connectivity index (χ0v) is 14.8. The molecule has 0 radical (unpaired) electrons. The van der Waals surface area contributed by atoms with Crippen molar-refractivity contribution in [3.63, 3.8) is 0 Å². The van der Waals surface area contributed by atoms with Gasteiger partial charge in [0.2, 0.25) is 5.91 Å². The summed E-state index contributed by atoms with van der Waals surface area (Å²) in [5.41, 5.74) is 6.78. The van der Waals surface area contributed by atoms with Crippen molar-refractivity contribution in [2.24, 2.45) is 28.9 Å². The molecule has 3 nitrogen and oxygen atoms in total. The first-order valence-corrected chi connectivity index (χ1v) is 8.66. The maximum absolute atomic E-state index is 13.0. The van der Waals surface area contributed by atoms with Crippen LogP contribution >= 0.6 is 12.4 Å². The summed E-state index contributed by atoms with van der Waals surface area (Å²) in [5, 5.41) is 3.20. The number of benzene rings is 1. The van der Waals surface area contributed by atoms with E-state index in [0.717, 1.165) is 18.8 Å². The van der Waals surface area contributed by atoms with Gasteiger partial charge in [-0.25, -0.2) is 0 Å². The zero-order chi connectivity index (χ0) is 15.6. The van der Waals surface area contributed by atoms with Crippen molar-refractivity contribution in [2.45, 2.75) is 39.0 Å². The standard InChI is InChI=1S/C19H28N2O.ClH/c1-14(12-20)13-21-18(22)19(10-15-5-3-2-4-6-15)11-16-7-8-17(19)9-16;/h2-6,14,16-17H,7-13,20H2,1H3,(H,21,22);1H. The minimum Gasteiger partial charge on any atom is -0.355 e. The molecular weight excluding hydrogens is 308 g/mol. The predicted molar refractivity (Wildman–Crippen MR) is 96.5 cm³/mol. The highest BCUT2D eigenvalue weighted by Gasteiger charge is 2.55. The first kappa shape index (κ1) is 18.3. The summed E-state index contributed by atoms with van der Waals surface area (Å²) in [6.07, 6.45) is 5.73. The summed E-state index contributed by atoms with van der Waals surface area (Å²) in [7, 11) is 0. The van der Waals surface area contributed by atoms with Crippen LogP contribution in [0.2, 0.25) is 0 Å². The fourth-order valence-electron chi connectivity index (χ4n) is 4.51. The van der Waals surface area contributed by atoms with Crippen LogP contribution < -0.4 is 11.1 Å². The third-order valence-electron chi connectivity index (χ3n) is 5.80. The highest BCUT2D eigenvalue weighted by Crippen LogP contribution is 2.57. The number of hydrogen-bond donors (Lipinski definition) is 2. The number of nitrogens with two attached hydrogens (primary N) is 1. The van der Waals surface area contributed by atoms with E-state index in [2.05, 4.69) is 36.5 Å². The number of carbonyl (C=O) groups is 1. The Bertz CT molecular complexity index is 521. The van der Waals surface area contributed by atoms with E-state index in [1.54, 1.807) is 0 Å². The lowest BCUT2D eigenvalue weighted by atomic mass is 9.68. The average molecular weight is 337 g/mol. The molecule has 0 aliphatic heterocycles. The molecule has 3 N–H and O–H groups in total. The molecule has 128 valence electrons. The minimum atomic E-state index is -0.182. The van der Waals surface area contributed by atoms with Gasteiger partial charge in [-0.3, -0.25) is 4.79 Å². The molecular formula is C19H29ClN2O. The number of carbonyl (C=O) groups excluding carboxylic acids is 1. The van der Waals surface area contributed by atoms with Crippen LogP contribution in [0.5, 0.6) is 0 Å². The van der Waals surface area contributed by atoms with Gasteiger partial charge >= 0.3 is 0 Å². The van der Waals surface area contributed by atoms with E-state index in [1.165, 1.54) is 24.8 Å². The van der Waals surface area contributed by atoms with Gasteiger partial charge in [-0.2, -0.15) is 0 Å². The van der Waals surface area contributed by atoms with Crippen LogP contribution in [-0.4, -0.2) is 19.0 Å². The van der Waals surface area contributed by atoms with Gasteiger partial charge in [0, 0.05) is 6.54 Å². The van der Waals surface area contributed by atoms with E-state index < -0.39 is 0 Å². The van der Waals surface area contributed by atoms with E-state index >= 15 is 0 Å². The Morgan fingerprint density at radius 3 is 2.65 bits per heavy atom. The number of rotatable bonds is 6. The van der Waals surface area contributed by atoms with Crippen LogP contribution in [0.25, 0.3) is 0 Å². The van der Waals surface area contributed by atoms with Crippen molar-refractivity contribution in [1.82, 2.24) is 5.32 Å². The average Bonchev–Trinajstić information content (AvgIpc) is 3.14. The van der Waals surface area contributed by atoms with Crippen LogP contribution in [0.1, 0.15) is 38.2 Å². The molecule has 2 aliphatic rings. The molecule has 2 aliphatic carbocycles. The summed E-state index contributed by atoms with van der Waals surface area (Å²) in [5.74, 6) is 1.93. The maximum atomic E-state index is 13.0. The van der Waals surface area contributed by atoms with E-state index in [4.69, 9.17) is 5.73 Å². The van der Waals surface area contributed by atoms with Crippen molar-refractivity contribution >= 4 is 18.3 Å². The van der Waals surface area contributed by atoms with Crippen LogP contribution in [0.4, 0.5) is 0 Å². The second-order valence-electron chi connectivity index (χ2n) is 7.45. The molecule has 4 heteroatoms. The Hall–Kier alpha value is -1.06. The number of fused-ring (bicyclic) bond motifs is 2. The minimum absolute atomic E-state index is 0. The molecule has 0 saturated heterocycles. The Morgan fingerprint density at radius 1 is 1.35 bits per heavy atom. The molecule has 2 fully saturated rings. The Labute approximate surface area is 145 Å². The second kappa shape index (κ2) is 7.67. The van der Waals surface area contributed by atoms with Crippen LogP contribution in [0.15, 0.2) is 30.3 Å².